The first-order chi connectivity index (χ1) is 8.18. The van der Waals surface area contributed by atoms with Gasteiger partial charge in [0.05, 0.1) is 0 Å². The molecule has 0 aliphatic heterocycles. The summed E-state index contributed by atoms with van der Waals surface area (Å²) in [5, 5.41) is 3.58. The molecule has 3 N–H and O–H groups in total. The number of hydrogen-bond donors (Lipinski definition) is 2. The van der Waals surface area contributed by atoms with E-state index in [1.807, 2.05) is 0 Å². The molecule has 0 radical (unpaired) electrons. The SMILES string of the molecule is CCCCCCCCCCNC(C)(CC)CN. The zero-order valence-corrected chi connectivity index (χ0v) is 12.4. The fourth-order valence-corrected chi connectivity index (χ4v) is 1.99. The Kier molecular flexibility index (Phi) is 11.0. The lowest BCUT2D eigenvalue weighted by Crippen LogP contribution is -2.48. The molecular weight excluding hydrogens is 208 g/mol. The van der Waals surface area contributed by atoms with E-state index in [9.17, 15) is 0 Å². The molecule has 0 rings (SSSR count). The van der Waals surface area contributed by atoms with Crippen molar-refractivity contribution in [1.82, 2.24) is 5.32 Å². The molecule has 0 heterocycles. The standard InChI is InChI=1S/C15H34N2/c1-4-6-7-8-9-10-11-12-13-17-15(3,5-2)14-16/h17H,4-14,16H2,1-3H3. The molecule has 0 aromatic carbocycles. The monoisotopic (exact) mass is 242 g/mol. The van der Waals surface area contributed by atoms with Crippen molar-refractivity contribution in [3.8, 4) is 0 Å². The van der Waals surface area contributed by atoms with Crippen molar-refractivity contribution in [2.24, 2.45) is 5.73 Å². The predicted octanol–water partition coefficient (Wildman–Crippen LogP) is 3.84. The zero-order chi connectivity index (χ0) is 13.0. The van der Waals surface area contributed by atoms with Gasteiger partial charge in [-0.25, -0.2) is 0 Å². The van der Waals surface area contributed by atoms with Gasteiger partial charge >= 0.3 is 0 Å². The van der Waals surface area contributed by atoms with Crippen LogP contribution < -0.4 is 11.1 Å². The fraction of sp³-hybridized carbons (Fsp3) is 1.00. The topological polar surface area (TPSA) is 38.0 Å². The predicted molar refractivity (Wildman–Crippen MR) is 78.4 cm³/mol. The van der Waals surface area contributed by atoms with Gasteiger partial charge in [-0.15, -0.1) is 0 Å². The Morgan fingerprint density at radius 1 is 0.882 bits per heavy atom. The molecule has 0 spiro atoms. The number of nitrogens with two attached hydrogens (primary N) is 1. The Balaban J connectivity index is 3.23. The third-order valence-electron chi connectivity index (χ3n) is 3.81. The van der Waals surface area contributed by atoms with Gasteiger partial charge in [0.1, 0.15) is 0 Å². The van der Waals surface area contributed by atoms with Gasteiger partial charge < -0.3 is 11.1 Å². The average Bonchev–Trinajstić information content (AvgIpc) is 2.36. The van der Waals surface area contributed by atoms with Crippen LogP contribution in [0.15, 0.2) is 0 Å². The van der Waals surface area contributed by atoms with E-state index < -0.39 is 0 Å². The number of unbranched alkanes of at least 4 members (excludes halogenated alkanes) is 7. The van der Waals surface area contributed by atoms with Gasteiger partial charge in [0.25, 0.3) is 0 Å². The number of rotatable bonds is 12. The van der Waals surface area contributed by atoms with Gasteiger partial charge in [0.2, 0.25) is 0 Å². The highest BCUT2D eigenvalue weighted by atomic mass is 15.0. The summed E-state index contributed by atoms with van der Waals surface area (Å²) < 4.78 is 0. The quantitative estimate of drug-likeness (QED) is 0.510. The molecule has 2 heteroatoms. The van der Waals surface area contributed by atoms with Crippen LogP contribution in [0.4, 0.5) is 0 Å². The highest BCUT2D eigenvalue weighted by molar-refractivity contribution is 4.81. The van der Waals surface area contributed by atoms with Crippen LogP contribution in [-0.4, -0.2) is 18.6 Å². The largest absolute Gasteiger partial charge is 0.329 e. The Labute approximate surface area is 109 Å². The first kappa shape index (κ1) is 16.9. The van der Waals surface area contributed by atoms with Crippen molar-refractivity contribution in [1.29, 1.82) is 0 Å². The van der Waals surface area contributed by atoms with Gasteiger partial charge in [-0.1, -0.05) is 58.8 Å². The van der Waals surface area contributed by atoms with E-state index in [-0.39, 0.29) is 5.54 Å². The molecule has 0 saturated heterocycles. The summed E-state index contributed by atoms with van der Waals surface area (Å²) in [5.41, 5.74) is 5.92. The second-order valence-corrected chi connectivity index (χ2v) is 5.52. The van der Waals surface area contributed by atoms with Crippen molar-refractivity contribution in [3.63, 3.8) is 0 Å². The molecule has 0 aromatic rings. The van der Waals surface area contributed by atoms with Crippen molar-refractivity contribution >= 4 is 0 Å². The molecule has 0 aromatic heterocycles. The van der Waals surface area contributed by atoms with Gasteiger partial charge in [-0.05, 0) is 26.3 Å². The van der Waals surface area contributed by atoms with Gasteiger partial charge in [-0.3, -0.25) is 0 Å². The van der Waals surface area contributed by atoms with Crippen molar-refractivity contribution in [3.05, 3.63) is 0 Å². The minimum Gasteiger partial charge on any atom is -0.329 e. The van der Waals surface area contributed by atoms with Crippen molar-refractivity contribution < 1.29 is 0 Å². The Bertz CT molecular complexity index is 153. The number of nitrogens with one attached hydrogen (secondary N) is 1. The average molecular weight is 242 g/mol. The summed E-state index contributed by atoms with van der Waals surface area (Å²) in [6.45, 7) is 8.55. The van der Waals surface area contributed by atoms with E-state index in [2.05, 4.69) is 26.1 Å². The summed E-state index contributed by atoms with van der Waals surface area (Å²) in [6, 6.07) is 0. The van der Waals surface area contributed by atoms with E-state index in [0.717, 1.165) is 19.5 Å². The molecule has 0 amide bonds. The van der Waals surface area contributed by atoms with E-state index in [1.54, 1.807) is 0 Å². The summed E-state index contributed by atoms with van der Waals surface area (Å²) >= 11 is 0. The van der Waals surface area contributed by atoms with E-state index in [0.29, 0.717) is 0 Å². The molecule has 0 aliphatic rings. The van der Waals surface area contributed by atoms with Gasteiger partial charge in [0.15, 0.2) is 0 Å². The van der Waals surface area contributed by atoms with Crippen LogP contribution in [0, 0.1) is 0 Å². The van der Waals surface area contributed by atoms with Crippen molar-refractivity contribution in [2.75, 3.05) is 13.1 Å². The summed E-state index contributed by atoms with van der Waals surface area (Å²) in [4.78, 5) is 0. The first-order valence-corrected chi connectivity index (χ1v) is 7.63. The molecule has 0 aliphatic carbocycles. The highest BCUT2D eigenvalue weighted by Crippen LogP contribution is 2.09. The van der Waals surface area contributed by atoms with Gasteiger partial charge in [0, 0.05) is 12.1 Å². The molecule has 0 fully saturated rings. The van der Waals surface area contributed by atoms with Crippen LogP contribution >= 0.6 is 0 Å². The lowest BCUT2D eigenvalue weighted by Gasteiger charge is -2.28. The Morgan fingerprint density at radius 2 is 1.41 bits per heavy atom. The summed E-state index contributed by atoms with van der Waals surface area (Å²) in [7, 11) is 0. The second-order valence-electron chi connectivity index (χ2n) is 5.52. The highest BCUT2D eigenvalue weighted by Gasteiger charge is 2.17. The van der Waals surface area contributed by atoms with Crippen LogP contribution in [0.5, 0.6) is 0 Å². The number of hydrogen-bond acceptors (Lipinski definition) is 2. The van der Waals surface area contributed by atoms with Crippen molar-refractivity contribution in [2.45, 2.75) is 84.1 Å². The molecule has 0 saturated carbocycles. The normalized spacial score (nSPS) is 14.8. The molecule has 1 unspecified atom stereocenters. The summed E-state index contributed by atoms with van der Waals surface area (Å²) in [5.74, 6) is 0. The van der Waals surface area contributed by atoms with Crippen LogP contribution in [0.1, 0.15) is 78.6 Å². The minimum atomic E-state index is 0.154. The van der Waals surface area contributed by atoms with E-state index >= 15 is 0 Å². The van der Waals surface area contributed by atoms with Crippen LogP contribution in [0.2, 0.25) is 0 Å². The molecule has 2 nitrogen and oxygen atoms in total. The fourth-order valence-electron chi connectivity index (χ4n) is 1.99. The first-order valence-electron chi connectivity index (χ1n) is 7.63. The zero-order valence-electron chi connectivity index (χ0n) is 12.4. The van der Waals surface area contributed by atoms with Crippen LogP contribution in [0.3, 0.4) is 0 Å². The maximum Gasteiger partial charge on any atom is 0.0273 e. The van der Waals surface area contributed by atoms with Crippen LogP contribution in [0.25, 0.3) is 0 Å². The second kappa shape index (κ2) is 11.0. The molecule has 1 atom stereocenters. The third kappa shape index (κ3) is 9.61. The lowest BCUT2D eigenvalue weighted by molar-refractivity contribution is 0.347. The minimum absolute atomic E-state index is 0.154. The Hall–Kier alpha value is -0.0800. The maximum atomic E-state index is 5.76. The van der Waals surface area contributed by atoms with E-state index in [1.165, 1.54) is 51.4 Å². The maximum absolute atomic E-state index is 5.76. The summed E-state index contributed by atoms with van der Waals surface area (Å²) in [6.07, 6.45) is 12.2. The molecule has 0 bridgehead atoms. The molecule has 104 valence electrons. The van der Waals surface area contributed by atoms with Gasteiger partial charge in [-0.2, -0.15) is 0 Å². The third-order valence-corrected chi connectivity index (χ3v) is 3.81. The van der Waals surface area contributed by atoms with Crippen LogP contribution in [-0.2, 0) is 0 Å². The van der Waals surface area contributed by atoms with E-state index in [4.69, 9.17) is 5.73 Å². The smallest absolute Gasteiger partial charge is 0.0273 e. The molecular formula is C15H34N2. The Morgan fingerprint density at radius 3 is 1.88 bits per heavy atom. The lowest BCUT2D eigenvalue weighted by atomic mass is 9.99. The molecule has 17 heavy (non-hydrogen) atoms.